The van der Waals surface area contributed by atoms with Gasteiger partial charge in [-0.15, -0.1) is 0 Å². The van der Waals surface area contributed by atoms with Gasteiger partial charge in [-0.25, -0.2) is 0 Å². The summed E-state index contributed by atoms with van der Waals surface area (Å²) in [5.41, 5.74) is 3.03. The molecule has 6 heteroatoms. The van der Waals surface area contributed by atoms with Gasteiger partial charge in [0, 0.05) is 24.0 Å². The molecule has 0 aliphatic rings. The van der Waals surface area contributed by atoms with E-state index in [9.17, 15) is 9.59 Å². The highest BCUT2D eigenvalue weighted by Gasteiger charge is 2.31. The van der Waals surface area contributed by atoms with E-state index in [1.165, 1.54) is 0 Å². The fourth-order valence-corrected chi connectivity index (χ4v) is 3.97. The lowest BCUT2D eigenvalue weighted by Crippen LogP contribution is -2.53. The van der Waals surface area contributed by atoms with Crippen molar-refractivity contribution in [3.05, 3.63) is 101 Å². The Bertz CT molecular complexity index is 1120. The van der Waals surface area contributed by atoms with Crippen LogP contribution in [0.2, 0.25) is 5.02 Å². The van der Waals surface area contributed by atoms with E-state index in [1.807, 2.05) is 75.4 Å². The topological polar surface area (TPSA) is 58.6 Å². The standard InChI is InChI=1S/C29H33ClN2O3/c1-4-22(3)31-29(34)27(17-23-11-6-5-7-12-23)32(19-24-13-8-10-21(2)16-24)28(33)20-35-26-15-9-14-25(30)18-26/h5-16,18,22,27H,4,17,19-20H2,1-3H3,(H,31,34)/t22-,27-/m1/s1. The van der Waals surface area contributed by atoms with Gasteiger partial charge in [0.25, 0.3) is 5.91 Å². The number of rotatable bonds is 11. The van der Waals surface area contributed by atoms with Crippen molar-refractivity contribution in [2.75, 3.05) is 6.61 Å². The van der Waals surface area contributed by atoms with Gasteiger partial charge in [0.1, 0.15) is 11.8 Å². The van der Waals surface area contributed by atoms with Gasteiger partial charge in [-0.3, -0.25) is 9.59 Å². The third kappa shape index (κ3) is 8.15. The molecule has 184 valence electrons. The number of benzene rings is 3. The molecule has 3 aromatic rings. The van der Waals surface area contributed by atoms with Crippen LogP contribution in [0.15, 0.2) is 78.9 Å². The SMILES string of the molecule is CC[C@@H](C)NC(=O)[C@@H](Cc1ccccc1)N(Cc1cccc(C)c1)C(=O)COc1cccc(Cl)c1. The summed E-state index contributed by atoms with van der Waals surface area (Å²) in [5.74, 6) is 0.0590. The van der Waals surface area contributed by atoms with Crippen LogP contribution in [-0.4, -0.2) is 35.4 Å². The second-order valence-corrected chi connectivity index (χ2v) is 9.22. The first-order chi connectivity index (χ1) is 16.9. The van der Waals surface area contributed by atoms with Crippen molar-refractivity contribution in [1.29, 1.82) is 0 Å². The number of carbonyl (C=O) groups excluding carboxylic acids is 2. The summed E-state index contributed by atoms with van der Waals surface area (Å²) >= 11 is 6.06. The molecule has 0 aromatic heterocycles. The second kappa shape index (κ2) is 13.0. The maximum Gasteiger partial charge on any atom is 0.261 e. The van der Waals surface area contributed by atoms with Gasteiger partial charge in [0.05, 0.1) is 0 Å². The lowest BCUT2D eigenvalue weighted by atomic mass is 10.0. The summed E-state index contributed by atoms with van der Waals surface area (Å²) in [6, 6.07) is 24.0. The number of nitrogens with one attached hydrogen (secondary N) is 1. The molecule has 0 unspecified atom stereocenters. The normalized spacial score (nSPS) is 12.5. The summed E-state index contributed by atoms with van der Waals surface area (Å²) < 4.78 is 5.77. The van der Waals surface area contributed by atoms with Crippen molar-refractivity contribution in [3.63, 3.8) is 0 Å². The van der Waals surface area contributed by atoms with E-state index in [2.05, 4.69) is 5.32 Å². The predicted octanol–water partition coefficient (Wildman–Crippen LogP) is 5.58. The van der Waals surface area contributed by atoms with E-state index >= 15 is 0 Å². The maximum absolute atomic E-state index is 13.6. The number of nitrogens with zero attached hydrogens (tertiary/aromatic N) is 1. The van der Waals surface area contributed by atoms with Gasteiger partial charge in [-0.1, -0.05) is 84.8 Å². The Labute approximate surface area is 213 Å². The number of ether oxygens (including phenoxy) is 1. The van der Waals surface area contributed by atoms with E-state index < -0.39 is 6.04 Å². The van der Waals surface area contributed by atoms with Crippen molar-refractivity contribution in [2.24, 2.45) is 0 Å². The number of aryl methyl sites for hydroxylation is 1. The number of carbonyl (C=O) groups is 2. The van der Waals surface area contributed by atoms with Crippen LogP contribution < -0.4 is 10.1 Å². The van der Waals surface area contributed by atoms with Crippen LogP contribution in [0.1, 0.15) is 37.0 Å². The Hall–Kier alpha value is -3.31. The third-order valence-corrected chi connectivity index (χ3v) is 6.10. The largest absolute Gasteiger partial charge is 0.484 e. The highest BCUT2D eigenvalue weighted by molar-refractivity contribution is 6.30. The van der Waals surface area contributed by atoms with Crippen LogP contribution in [0.5, 0.6) is 5.75 Å². The zero-order valence-electron chi connectivity index (χ0n) is 20.5. The summed E-state index contributed by atoms with van der Waals surface area (Å²) in [7, 11) is 0. The number of hydrogen-bond acceptors (Lipinski definition) is 3. The summed E-state index contributed by atoms with van der Waals surface area (Å²) in [6.45, 7) is 6.09. The van der Waals surface area contributed by atoms with Gasteiger partial charge in [-0.05, 0) is 49.6 Å². The minimum absolute atomic E-state index is 0.000550. The molecular weight excluding hydrogens is 460 g/mol. The Kier molecular flexibility index (Phi) is 9.74. The number of halogens is 1. The molecule has 3 rings (SSSR count). The van der Waals surface area contributed by atoms with Crippen LogP contribution >= 0.6 is 11.6 Å². The second-order valence-electron chi connectivity index (χ2n) is 8.78. The molecule has 0 spiro atoms. The van der Waals surface area contributed by atoms with E-state index in [0.717, 1.165) is 23.1 Å². The lowest BCUT2D eigenvalue weighted by molar-refractivity contribution is -0.143. The van der Waals surface area contributed by atoms with Gasteiger partial charge < -0.3 is 15.0 Å². The summed E-state index contributed by atoms with van der Waals surface area (Å²) in [4.78, 5) is 28.7. The zero-order valence-corrected chi connectivity index (χ0v) is 21.3. The first-order valence-electron chi connectivity index (χ1n) is 11.9. The molecule has 0 fully saturated rings. The number of hydrogen-bond donors (Lipinski definition) is 1. The molecule has 0 bridgehead atoms. The molecule has 0 aliphatic heterocycles. The lowest BCUT2D eigenvalue weighted by Gasteiger charge is -2.32. The molecule has 5 nitrogen and oxygen atoms in total. The first-order valence-corrected chi connectivity index (χ1v) is 12.3. The van der Waals surface area contributed by atoms with Gasteiger partial charge >= 0.3 is 0 Å². The van der Waals surface area contributed by atoms with Crippen molar-refractivity contribution >= 4 is 23.4 Å². The maximum atomic E-state index is 13.6. The predicted molar refractivity (Wildman–Crippen MR) is 141 cm³/mol. The highest BCUT2D eigenvalue weighted by atomic mass is 35.5. The first kappa shape index (κ1) is 26.3. The van der Waals surface area contributed by atoms with Crippen LogP contribution in [0.25, 0.3) is 0 Å². The average molecular weight is 493 g/mol. The Balaban J connectivity index is 1.91. The molecule has 0 heterocycles. The quantitative estimate of drug-likeness (QED) is 0.380. The molecule has 1 N–H and O–H groups in total. The molecular formula is C29H33ClN2O3. The third-order valence-electron chi connectivity index (χ3n) is 5.87. The van der Waals surface area contributed by atoms with Gasteiger partial charge in [-0.2, -0.15) is 0 Å². The van der Waals surface area contributed by atoms with Crippen molar-refractivity contribution in [2.45, 2.75) is 52.2 Å². The molecule has 0 saturated heterocycles. The molecule has 0 radical (unpaired) electrons. The summed E-state index contributed by atoms with van der Waals surface area (Å²) in [6.07, 6.45) is 1.20. The van der Waals surface area contributed by atoms with Crippen molar-refractivity contribution in [3.8, 4) is 5.75 Å². The Morgan fingerprint density at radius 1 is 0.971 bits per heavy atom. The van der Waals surface area contributed by atoms with Crippen LogP contribution in [-0.2, 0) is 22.6 Å². The van der Waals surface area contributed by atoms with Crippen LogP contribution in [0, 0.1) is 6.92 Å². The minimum atomic E-state index is -0.692. The highest BCUT2D eigenvalue weighted by Crippen LogP contribution is 2.19. The van der Waals surface area contributed by atoms with Gasteiger partial charge in [0.15, 0.2) is 6.61 Å². The fraction of sp³-hybridized carbons (Fsp3) is 0.310. The average Bonchev–Trinajstić information content (AvgIpc) is 2.85. The Morgan fingerprint density at radius 2 is 1.69 bits per heavy atom. The monoisotopic (exact) mass is 492 g/mol. The Morgan fingerprint density at radius 3 is 2.37 bits per heavy atom. The van der Waals surface area contributed by atoms with E-state index in [0.29, 0.717) is 23.7 Å². The zero-order chi connectivity index (χ0) is 25.2. The smallest absolute Gasteiger partial charge is 0.261 e. The molecule has 2 amide bonds. The molecule has 35 heavy (non-hydrogen) atoms. The van der Waals surface area contributed by atoms with Crippen LogP contribution in [0.4, 0.5) is 0 Å². The fourth-order valence-electron chi connectivity index (χ4n) is 3.79. The van der Waals surface area contributed by atoms with Crippen LogP contribution in [0.3, 0.4) is 0 Å². The minimum Gasteiger partial charge on any atom is -0.484 e. The van der Waals surface area contributed by atoms with Crippen molar-refractivity contribution < 1.29 is 14.3 Å². The van der Waals surface area contributed by atoms with Crippen molar-refractivity contribution in [1.82, 2.24) is 10.2 Å². The van der Waals surface area contributed by atoms with Gasteiger partial charge in [0.2, 0.25) is 5.91 Å². The van der Waals surface area contributed by atoms with E-state index in [4.69, 9.17) is 16.3 Å². The number of amides is 2. The van der Waals surface area contributed by atoms with E-state index in [-0.39, 0.29) is 24.5 Å². The molecule has 0 saturated carbocycles. The molecule has 2 atom stereocenters. The molecule has 0 aliphatic carbocycles. The summed E-state index contributed by atoms with van der Waals surface area (Å²) in [5, 5.41) is 3.60. The molecule has 3 aromatic carbocycles. The van der Waals surface area contributed by atoms with E-state index in [1.54, 1.807) is 29.2 Å².